The highest BCUT2D eigenvalue weighted by Gasteiger charge is 2.40. The maximum Gasteiger partial charge on any atom is 0.326 e. The molecule has 7 heteroatoms. The Balaban J connectivity index is 2.03. The van der Waals surface area contributed by atoms with Crippen LogP contribution in [-0.2, 0) is 11.3 Å². The number of carboxylic acid groups (broad SMARTS) is 1. The van der Waals surface area contributed by atoms with Gasteiger partial charge in [-0.2, -0.15) is 0 Å². The van der Waals surface area contributed by atoms with E-state index < -0.39 is 24.1 Å². The number of β-amino-alcohol motifs (C(OH)–C–C–N with tert-alkyl or cyclic N) is 1. The van der Waals surface area contributed by atoms with Gasteiger partial charge in [-0.1, -0.05) is 0 Å². The molecule has 0 aromatic carbocycles. The summed E-state index contributed by atoms with van der Waals surface area (Å²) in [6.45, 7) is 0.375. The Morgan fingerprint density at radius 3 is 2.89 bits per heavy atom. The number of aliphatic hydroxyl groups is 1. The molecule has 0 radical (unpaired) electrons. The predicted octanol–water partition coefficient (Wildman–Crippen LogP) is 0.351. The minimum absolute atomic E-state index is 0.0471. The third kappa shape index (κ3) is 2.87. The largest absolute Gasteiger partial charge is 0.480 e. The number of carboxylic acids is 1. The summed E-state index contributed by atoms with van der Waals surface area (Å²) in [7, 11) is 1.58. The van der Waals surface area contributed by atoms with E-state index in [1.165, 1.54) is 22.3 Å². The van der Waals surface area contributed by atoms with Gasteiger partial charge in [-0.15, -0.1) is 0 Å². The van der Waals surface area contributed by atoms with Crippen molar-refractivity contribution in [3.05, 3.63) is 24.2 Å². The van der Waals surface area contributed by atoms with Crippen molar-refractivity contribution in [1.29, 1.82) is 0 Å². The number of nitrogens with zero attached hydrogens (tertiary/aromatic N) is 2. The Labute approximate surface area is 110 Å². The molecule has 1 aliphatic heterocycles. The van der Waals surface area contributed by atoms with Crippen LogP contribution in [-0.4, -0.2) is 57.8 Å². The molecule has 1 saturated heterocycles. The first-order chi connectivity index (χ1) is 8.99. The van der Waals surface area contributed by atoms with E-state index in [2.05, 4.69) is 0 Å². The van der Waals surface area contributed by atoms with Crippen LogP contribution in [0.2, 0.25) is 0 Å². The van der Waals surface area contributed by atoms with Crippen LogP contribution in [0.25, 0.3) is 0 Å². The summed E-state index contributed by atoms with van der Waals surface area (Å²) in [6.07, 6.45) is 2.32. The van der Waals surface area contributed by atoms with Crippen LogP contribution in [0.4, 0.5) is 4.79 Å². The highest BCUT2D eigenvalue weighted by molar-refractivity contribution is 5.83. The first-order valence-corrected chi connectivity index (χ1v) is 5.92. The molecule has 0 saturated carbocycles. The molecule has 7 nitrogen and oxygen atoms in total. The molecule has 2 amide bonds. The van der Waals surface area contributed by atoms with E-state index in [0.29, 0.717) is 6.54 Å². The molecular formula is C12H16N2O5. The predicted molar refractivity (Wildman–Crippen MR) is 64.3 cm³/mol. The fraction of sp³-hybridized carbons (Fsp3) is 0.500. The molecule has 1 aromatic rings. The minimum Gasteiger partial charge on any atom is -0.480 e. The molecule has 104 valence electrons. The molecule has 2 N–H and O–H groups in total. The fourth-order valence-corrected chi connectivity index (χ4v) is 2.20. The number of urea groups is 1. The van der Waals surface area contributed by atoms with Crippen molar-refractivity contribution in [2.75, 3.05) is 13.6 Å². The molecule has 2 atom stereocenters. The molecule has 0 aliphatic carbocycles. The normalized spacial score (nSPS) is 22.5. The third-order valence-electron chi connectivity index (χ3n) is 3.14. The maximum atomic E-state index is 12.2. The summed E-state index contributed by atoms with van der Waals surface area (Å²) in [5.74, 6) is -1.10. The Morgan fingerprint density at radius 2 is 2.32 bits per heavy atom. The van der Waals surface area contributed by atoms with Crippen molar-refractivity contribution in [1.82, 2.24) is 9.80 Å². The molecule has 2 heterocycles. The molecule has 1 fully saturated rings. The zero-order valence-corrected chi connectivity index (χ0v) is 10.5. The van der Waals surface area contributed by atoms with Crippen molar-refractivity contribution in [2.45, 2.75) is 25.1 Å². The average molecular weight is 268 g/mol. The second-order valence-electron chi connectivity index (χ2n) is 4.67. The van der Waals surface area contributed by atoms with Gasteiger partial charge in [0.05, 0.1) is 25.2 Å². The molecule has 0 bridgehead atoms. The van der Waals surface area contributed by atoms with Gasteiger partial charge in [-0.3, -0.25) is 0 Å². The van der Waals surface area contributed by atoms with E-state index in [1.54, 1.807) is 13.1 Å². The lowest BCUT2D eigenvalue weighted by molar-refractivity contribution is -0.141. The maximum absolute atomic E-state index is 12.2. The van der Waals surface area contributed by atoms with Gasteiger partial charge in [-0.25, -0.2) is 9.59 Å². The number of hydrogen-bond acceptors (Lipinski definition) is 4. The number of rotatable bonds is 3. The standard InChI is InChI=1S/C12H16N2O5/c1-13(5-8-2-3-19-7-8)12(18)14-6-9(15)4-10(14)11(16)17/h2-3,7,9-10,15H,4-6H2,1H3,(H,16,17)/t9?,10-/m0/s1. The number of aliphatic hydroxyl groups excluding tert-OH is 1. The fourth-order valence-electron chi connectivity index (χ4n) is 2.20. The van der Waals surface area contributed by atoms with Gasteiger partial charge < -0.3 is 24.4 Å². The Morgan fingerprint density at radius 1 is 1.58 bits per heavy atom. The van der Waals surface area contributed by atoms with Crippen LogP contribution >= 0.6 is 0 Å². The molecular weight excluding hydrogens is 252 g/mol. The summed E-state index contributed by atoms with van der Waals surface area (Å²) in [5.41, 5.74) is 0.822. The highest BCUT2D eigenvalue weighted by Crippen LogP contribution is 2.20. The zero-order chi connectivity index (χ0) is 14.0. The smallest absolute Gasteiger partial charge is 0.326 e. The lowest BCUT2D eigenvalue weighted by Crippen LogP contribution is -2.46. The van der Waals surface area contributed by atoms with E-state index in [9.17, 15) is 14.7 Å². The number of amides is 2. The van der Waals surface area contributed by atoms with Crippen LogP contribution in [0, 0.1) is 0 Å². The number of furan rings is 1. The lowest BCUT2D eigenvalue weighted by atomic mass is 10.2. The molecule has 1 aromatic heterocycles. The number of aliphatic carboxylic acids is 1. The van der Waals surface area contributed by atoms with Gasteiger partial charge in [0.2, 0.25) is 0 Å². The topological polar surface area (TPSA) is 94.2 Å². The average Bonchev–Trinajstić information content (AvgIpc) is 2.97. The van der Waals surface area contributed by atoms with Gasteiger partial charge in [0.15, 0.2) is 0 Å². The molecule has 1 unspecified atom stereocenters. The van der Waals surface area contributed by atoms with Gasteiger partial charge >= 0.3 is 12.0 Å². The summed E-state index contributed by atoms with van der Waals surface area (Å²) in [4.78, 5) is 25.8. The first-order valence-electron chi connectivity index (χ1n) is 5.92. The Kier molecular flexibility index (Phi) is 3.75. The van der Waals surface area contributed by atoms with Crippen LogP contribution in [0.3, 0.4) is 0 Å². The number of hydrogen-bond donors (Lipinski definition) is 2. The van der Waals surface area contributed by atoms with E-state index >= 15 is 0 Å². The molecule has 2 rings (SSSR count). The van der Waals surface area contributed by atoms with Gasteiger partial charge in [0.25, 0.3) is 0 Å². The van der Waals surface area contributed by atoms with Crippen molar-refractivity contribution in [2.24, 2.45) is 0 Å². The highest BCUT2D eigenvalue weighted by atomic mass is 16.4. The second-order valence-corrected chi connectivity index (χ2v) is 4.67. The Bertz CT molecular complexity index is 459. The summed E-state index contributed by atoms with van der Waals surface area (Å²) in [6, 6.07) is 0.358. The minimum atomic E-state index is -1.10. The van der Waals surface area contributed by atoms with Crippen molar-refractivity contribution in [3.63, 3.8) is 0 Å². The van der Waals surface area contributed by atoms with E-state index in [0.717, 1.165) is 5.56 Å². The molecule has 1 aliphatic rings. The summed E-state index contributed by atoms with van der Waals surface area (Å²) < 4.78 is 4.91. The van der Waals surface area contributed by atoms with Crippen LogP contribution in [0.15, 0.2) is 23.0 Å². The van der Waals surface area contributed by atoms with E-state index in [4.69, 9.17) is 9.52 Å². The van der Waals surface area contributed by atoms with Gasteiger partial charge in [0, 0.05) is 25.6 Å². The SMILES string of the molecule is CN(Cc1ccoc1)C(=O)N1CC(O)C[C@H]1C(=O)O. The van der Waals surface area contributed by atoms with Crippen molar-refractivity contribution < 1.29 is 24.2 Å². The number of carbonyl (C=O) groups is 2. The zero-order valence-electron chi connectivity index (χ0n) is 10.5. The van der Waals surface area contributed by atoms with Crippen molar-refractivity contribution in [3.8, 4) is 0 Å². The third-order valence-corrected chi connectivity index (χ3v) is 3.14. The molecule has 19 heavy (non-hydrogen) atoms. The summed E-state index contributed by atoms with van der Waals surface area (Å²) >= 11 is 0. The first kappa shape index (κ1) is 13.4. The Hall–Kier alpha value is -2.02. The number of carbonyl (C=O) groups excluding carboxylic acids is 1. The molecule has 0 spiro atoms. The van der Waals surface area contributed by atoms with Crippen LogP contribution < -0.4 is 0 Å². The lowest BCUT2D eigenvalue weighted by Gasteiger charge is -2.27. The quantitative estimate of drug-likeness (QED) is 0.825. The van der Waals surface area contributed by atoms with Crippen LogP contribution in [0.5, 0.6) is 0 Å². The second kappa shape index (κ2) is 5.31. The van der Waals surface area contributed by atoms with E-state index in [1.807, 2.05) is 0 Å². The monoisotopic (exact) mass is 268 g/mol. The number of likely N-dealkylation sites (tertiary alicyclic amines) is 1. The van der Waals surface area contributed by atoms with Gasteiger partial charge in [0.1, 0.15) is 6.04 Å². The van der Waals surface area contributed by atoms with Crippen LogP contribution in [0.1, 0.15) is 12.0 Å². The summed E-state index contributed by atoms with van der Waals surface area (Å²) in [5, 5.41) is 18.6. The van der Waals surface area contributed by atoms with Crippen molar-refractivity contribution >= 4 is 12.0 Å². The van der Waals surface area contributed by atoms with E-state index in [-0.39, 0.29) is 13.0 Å². The van der Waals surface area contributed by atoms with Gasteiger partial charge in [-0.05, 0) is 6.07 Å².